The number of nitrogens with zero attached hydrogens (tertiary/aromatic N) is 1. The van der Waals surface area contributed by atoms with E-state index in [0.717, 1.165) is 27.5 Å². The normalized spacial score (nSPS) is 13.3. The van der Waals surface area contributed by atoms with Crippen LogP contribution in [0.1, 0.15) is 31.2 Å². The highest BCUT2D eigenvalue weighted by molar-refractivity contribution is 7.21. The third kappa shape index (κ3) is 4.39. The summed E-state index contributed by atoms with van der Waals surface area (Å²) in [5.41, 5.74) is 4.04. The molecule has 0 radical (unpaired) electrons. The first-order valence-electron chi connectivity index (χ1n) is 9.57. The number of amides is 1. The van der Waals surface area contributed by atoms with Crippen molar-refractivity contribution in [1.29, 1.82) is 0 Å². The topological polar surface area (TPSA) is 67.2 Å². The number of aryl methyl sites for hydroxylation is 1. The molecular weight excluding hydrogens is 382 g/mol. The fraction of sp³-hybridized carbons (Fsp3) is 0.217. The third-order valence-electron chi connectivity index (χ3n) is 4.81. The lowest BCUT2D eigenvalue weighted by atomic mass is 10.2. The number of carbonyl (C=O) groups is 1. The Morgan fingerprint density at radius 2 is 1.90 bits per heavy atom. The van der Waals surface area contributed by atoms with Crippen LogP contribution in [0, 0.1) is 6.92 Å². The van der Waals surface area contributed by atoms with Crippen LogP contribution in [-0.2, 0) is 4.79 Å². The van der Waals surface area contributed by atoms with E-state index in [-0.39, 0.29) is 18.0 Å². The van der Waals surface area contributed by atoms with Crippen LogP contribution in [0.5, 0.6) is 0 Å². The van der Waals surface area contributed by atoms with Gasteiger partial charge in [0.1, 0.15) is 10.8 Å². The van der Waals surface area contributed by atoms with E-state index < -0.39 is 0 Å². The van der Waals surface area contributed by atoms with Crippen molar-refractivity contribution in [3.63, 3.8) is 0 Å². The summed E-state index contributed by atoms with van der Waals surface area (Å²) in [7, 11) is 0. The lowest BCUT2D eigenvalue weighted by molar-refractivity contribution is -0.118. The molecule has 0 unspecified atom stereocenters. The van der Waals surface area contributed by atoms with Crippen molar-refractivity contribution in [3.05, 3.63) is 72.2 Å². The number of nitrogens with one attached hydrogen (secondary N) is 2. The van der Waals surface area contributed by atoms with E-state index in [1.54, 1.807) is 17.6 Å². The monoisotopic (exact) mass is 405 g/mol. The van der Waals surface area contributed by atoms with Crippen molar-refractivity contribution in [2.75, 3.05) is 5.32 Å². The van der Waals surface area contributed by atoms with E-state index in [9.17, 15) is 4.79 Å². The van der Waals surface area contributed by atoms with Crippen molar-refractivity contribution in [2.45, 2.75) is 32.9 Å². The number of furan rings is 1. The van der Waals surface area contributed by atoms with Crippen molar-refractivity contribution in [3.8, 4) is 10.6 Å². The molecule has 0 saturated carbocycles. The number of rotatable bonds is 6. The van der Waals surface area contributed by atoms with E-state index in [1.165, 1.54) is 10.3 Å². The van der Waals surface area contributed by atoms with Gasteiger partial charge >= 0.3 is 0 Å². The van der Waals surface area contributed by atoms with Gasteiger partial charge in [0.15, 0.2) is 0 Å². The van der Waals surface area contributed by atoms with Gasteiger partial charge in [0.05, 0.1) is 28.6 Å². The standard InChI is InChI=1S/C23H23N3O2S/c1-14-6-11-19-21(13-14)29-23(26-19)17-7-9-18(10-8-17)25-22(27)16(3)24-15(2)20-5-4-12-28-20/h4-13,15-16,24H,1-3H3,(H,25,27)/t15-,16+/m1/s1. The fourth-order valence-electron chi connectivity index (χ4n) is 3.17. The summed E-state index contributed by atoms with van der Waals surface area (Å²) >= 11 is 1.68. The number of hydrogen-bond donors (Lipinski definition) is 2. The Labute approximate surface area is 173 Å². The van der Waals surface area contributed by atoms with E-state index in [2.05, 4.69) is 35.8 Å². The molecule has 0 saturated heterocycles. The van der Waals surface area contributed by atoms with Gasteiger partial charge in [0, 0.05) is 11.3 Å². The maximum atomic E-state index is 12.5. The molecule has 0 fully saturated rings. The molecule has 148 valence electrons. The van der Waals surface area contributed by atoms with Crippen LogP contribution in [0.15, 0.2) is 65.3 Å². The van der Waals surface area contributed by atoms with E-state index in [0.29, 0.717) is 0 Å². The van der Waals surface area contributed by atoms with Gasteiger partial charge in [0.25, 0.3) is 0 Å². The second kappa shape index (κ2) is 8.19. The zero-order chi connectivity index (χ0) is 20.4. The van der Waals surface area contributed by atoms with Crippen LogP contribution < -0.4 is 10.6 Å². The first kappa shape index (κ1) is 19.4. The minimum absolute atomic E-state index is 0.0456. The van der Waals surface area contributed by atoms with Crippen LogP contribution in [0.4, 0.5) is 5.69 Å². The molecule has 1 amide bonds. The molecular formula is C23H23N3O2S. The molecule has 0 aliphatic rings. The summed E-state index contributed by atoms with van der Waals surface area (Å²) in [4.78, 5) is 17.2. The zero-order valence-corrected chi connectivity index (χ0v) is 17.4. The van der Waals surface area contributed by atoms with Crippen LogP contribution in [0.2, 0.25) is 0 Å². The van der Waals surface area contributed by atoms with Gasteiger partial charge in [0.2, 0.25) is 5.91 Å². The molecule has 29 heavy (non-hydrogen) atoms. The lowest BCUT2D eigenvalue weighted by Crippen LogP contribution is -2.39. The number of carbonyl (C=O) groups excluding carboxylic acids is 1. The van der Waals surface area contributed by atoms with Crippen molar-refractivity contribution in [2.24, 2.45) is 0 Å². The molecule has 2 aromatic carbocycles. The molecule has 5 nitrogen and oxygen atoms in total. The Kier molecular flexibility index (Phi) is 5.47. The summed E-state index contributed by atoms with van der Waals surface area (Å²) in [5.74, 6) is 0.714. The number of hydrogen-bond acceptors (Lipinski definition) is 5. The molecule has 4 aromatic rings. The number of anilines is 1. The highest BCUT2D eigenvalue weighted by Gasteiger charge is 2.18. The van der Waals surface area contributed by atoms with Gasteiger partial charge in [-0.3, -0.25) is 10.1 Å². The predicted octanol–water partition coefficient (Wildman–Crippen LogP) is 5.54. The van der Waals surface area contributed by atoms with E-state index in [1.807, 2.05) is 50.2 Å². The highest BCUT2D eigenvalue weighted by Crippen LogP contribution is 2.31. The molecule has 2 N–H and O–H groups in total. The zero-order valence-electron chi connectivity index (χ0n) is 16.6. The number of aromatic nitrogens is 1. The summed E-state index contributed by atoms with van der Waals surface area (Å²) in [6.45, 7) is 5.89. The smallest absolute Gasteiger partial charge is 0.241 e. The summed E-state index contributed by atoms with van der Waals surface area (Å²) in [6.07, 6.45) is 1.63. The Bertz CT molecular complexity index is 1120. The Balaban J connectivity index is 1.41. The molecule has 0 aliphatic carbocycles. The van der Waals surface area contributed by atoms with E-state index >= 15 is 0 Å². The van der Waals surface area contributed by atoms with Crippen molar-refractivity contribution >= 4 is 33.1 Å². The highest BCUT2D eigenvalue weighted by atomic mass is 32.1. The Hall–Kier alpha value is -2.96. The average Bonchev–Trinajstić information content (AvgIpc) is 3.38. The number of fused-ring (bicyclic) bond motifs is 1. The van der Waals surface area contributed by atoms with Gasteiger partial charge in [-0.1, -0.05) is 6.07 Å². The molecule has 4 rings (SSSR count). The summed E-state index contributed by atoms with van der Waals surface area (Å²) < 4.78 is 6.56. The van der Waals surface area contributed by atoms with Gasteiger partial charge in [-0.2, -0.15) is 0 Å². The maximum Gasteiger partial charge on any atom is 0.241 e. The Morgan fingerprint density at radius 3 is 2.62 bits per heavy atom. The summed E-state index contributed by atoms with van der Waals surface area (Å²) in [5, 5.41) is 7.18. The van der Waals surface area contributed by atoms with Gasteiger partial charge in [-0.15, -0.1) is 11.3 Å². The minimum atomic E-state index is -0.359. The molecule has 6 heteroatoms. The fourth-order valence-corrected chi connectivity index (χ4v) is 4.24. The second-order valence-corrected chi connectivity index (χ2v) is 8.21. The van der Waals surface area contributed by atoms with Gasteiger partial charge in [-0.25, -0.2) is 4.98 Å². The molecule has 2 aromatic heterocycles. The third-order valence-corrected chi connectivity index (χ3v) is 5.87. The number of benzene rings is 2. The minimum Gasteiger partial charge on any atom is -0.468 e. The largest absolute Gasteiger partial charge is 0.468 e. The first-order valence-corrected chi connectivity index (χ1v) is 10.4. The molecule has 2 heterocycles. The second-order valence-electron chi connectivity index (χ2n) is 7.18. The maximum absolute atomic E-state index is 12.5. The molecule has 0 aliphatic heterocycles. The average molecular weight is 406 g/mol. The Morgan fingerprint density at radius 1 is 1.10 bits per heavy atom. The van der Waals surface area contributed by atoms with Crippen LogP contribution in [-0.4, -0.2) is 16.9 Å². The van der Waals surface area contributed by atoms with Crippen LogP contribution in [0.3, 0.4) is 0 Å². The summed E-state index contributed by atoms with van der Waals surface area (Å²) in [6, 6.07) is 17.4. The molecule has 0 bridgehead atoms. The molecule has 2 atom stereocenters. The van der Waals surface area contributed by atoms with E-state index in [4.69, 9.17) is 9.40 Å². The lowest BCUT2D eigenvalue weighted by Gasteiger charge is -2.18. The first-order chi connectivity index (χ1) is 14.0. The molecule has 0 spiro atoms. The van der Waals surface area contributed by atoms with Gasteiger partial charge < -0.3 is 9.73 Å². The SMILES string of the molecule is Cc1ccc2nc(-c3ccc(NC(=O)[C@H](C)N[C@H](C)c4ccco4)cc3)sc2c1. The van der Waals surface area contributed by atoms with Crippen molar-refractivity contribution < 1.29 is 9.21 Å². The quantitative estimate of drug-likeness (QED) is 0.442. The van der Waals surface area contributed by atoms with Crippen LogP contribution >= 0.6 is 11.3 Å². The van der Waals surface area contributed by atoms with Gasteiger partial charge in [-0.05, 0) is 74.9 Å². The predicted molar refractivity (Wildman–Crippen MR) is 118 cm³/mol. The number of thiazole rings is 1. The van der Waals surface area contributed by atoms with Crippen molar-refractivity contribution in [1.82, 2.24) is 10.3 Å². The van der Waals surface area contributed by atoms with Crippen LogP contribution in [0.25, 0.3) is 20.8 Å².